The maximum absolute atomic E-state index is 12.6. The summed E-state index contributed by atoms with van der Waals surface area (Å²) in [6.07, 6.45) is 0. The minimum Gasteiger partial charge on any atom is -0.505 e. The minimum atomic E-state index is -1.98. The van der Waals surface area contributed by atoms with Crippen molar-refractivity contribution in [2.75, 3.05) is 0 Å². The fourth-order valence-corrected chi connectivity index (χ4v) is 1.25. The summed E-state index contributed by atoms with van der Waals surface area (Å²) in [6.45, 7) is 0. The van der Waals surface area contributed by atoms with Gasteiger partial charge in [0.1, 0.15) is 0 Å². The number of aromatic hydroxyl groups is 1. The molecule has 0 aliphatic heterocycles. The van der Waals surface area contributed by atoms with Crippen molar-refractivity contribution in [1.29, 1.82) is 0 Å². The molecular weight excluding hydrogens is 183 g/mol. The fraction of sp³-hybridized carbons (Fsp3) is 0.143. The van der Waals surface area contributed by atoms with Crippen LogP contribution in [0.3, 0.4) is 0 Å². The molecule has 0 radical (unpaired) electrons. The molecule has 0 aliphatic carbocycles. The summed E-state index contributed by atoms with van der Waals surface area (Å²) < 4.78 is 31.3. The molecule has 66 valence electrons. The second kappa shape index (κ2) is 3.64. The Bertz CT molecular complexity index is 314. The van der Waals surface area contributed by atoms with Gasteiger partial charge in [-0.25, -0.2) is 8.60 Å². The number of phenolic OH excluding ortho intramolecular Hbond substituents is 1. The van der Waals surface area contributed by atoms with Crippen LogP contribution in [-0.2, 0) is 16.8 Å². The molecule has 5 heteroatoms. The van der Waals surface area contributed by atoms with Gasteiger partial charge in [-0.1, -0.05) is 6.07 Å². The first-order valence-electron chi connectivity index (χ1n) is 3.14. The Morgan fingerprint density at radius 2 is 2.17 bits per heavy atom. The molecule has 0 fully saturated rings. The third-order valence-corrected chi connectivity index (χ3v) is 1.88. The molecule has 12 heavy (non-hydrogen) atoms. The maximum Gasteiger partial charge on any atom is 0.165 e. The molecule has 0 saturated carbocycles. The van der Waals surface area contributed by atoms with Crippen LogP contribution in [-0.4, -0.2) is 13.9 Å². The third kappa shape index (κ3) is 2.28. The Morgan fingerprint density at radius 1 is 1.50 bits per heavy atom. The maximum atomic E-state index is 12.6. The highest BCUT2D eigenvalue weighted by Crippen LogP contribution is 2.16. The Morgan fingerprint density at radius 3 is 2.67 bits per heavy atom. The summed E-state index contributed by atoms with van der Waals surface area (Å²) in [4.78, 5) is 0. The monoisotopic (exact) mass is 190 g/mol. The lowest BCUT2D eigenvalue weighted by molar-refractivity contribution is 0.432. The van der Waals surface area contributed by atoms with Gasteiger partial charge in [0, 0.05) is 0 Å². The number of halogens is 1. The van der Waals surface area contributed by atoms with E-state index in [2.05, 4.69) is 0 Å². The average Bonchev–Trinajstić information content (AvgIpc) is 1.96. The molecule has 0 heterocycles. The van der Waals surface area contributed by atoms with Crippen LogP contribution in [0.2, 0.25) is 0 Å². The molecular formula is C7H7FO3S. The summed E-state index contributed by atoms with van der Waals surface area (Å²) in [5, 5.41) is 8.76. The highest BCUT2D eigenvalue weighted by Gasteiger charge is 2.03. The first-order chi connectivity index (χ1) is 5.59. The summed E-state index contributed by atoms with van der Waals surface area (Å²) in [5.74, 6) is -1.36. The molecule has 1 atom stereocenters. The number of benzene rings is 1. The van der Waals surface area contributed by atoms with Crippen LogP contribution in [0, 0.1) is 5.82 Å². The number of phenols is 1. The Labute approximate surface area is 71.1 Å². The number of hydrogen-bond acceptors (Lipinski definition) is 2. The third-order valence-electron chi connectivity index (χ3n) is 1.30. The Kier molecular flexibility index (Phi) is 2.78. The van der Waals surface area contributed by atoms with Crippen molar-refractivity contribution in [3.63, 3.8) is 0 Å². The summed E-state index contributed by atoms with van der Waals surface area (Å²) in [5.41, 5.74) is 0.381. The van der Waals surface area contributed by atoms with E-state index in [0.29, 0.717) is 5.56 Å². The van der Waals surface area contributed by atoms with Crippen LogP contribution >= 0.6 is 0 Å². The molecule has 1 aromatic carbocycles. The van der Waals surface area contributed by atoms with Gasteiger partial charge in [-0.05, 0) is 17.7 Å². The zero-order chi connectivity index (χ0) is 9.14. The van der Waals surface area contributed by atoms with Crippen molar-refractivity contribution < 1.29 is 18.3 Å². The molecule has 0 bridgehead atoms. The lowest BCUT2D eigenvalue weighted by Crippen LogP contribution is -1.93. The topological polar surface area (TPSA) is 57.5 Å². The van der Waals surface area contributed by atoms with Crippen LogP contribution in [0.25, 0.3) is 0 Å². The standard InChI is InChI=1S/C7H7FO3S/c8-6-3-5(4-12(10)11)1-2-7(6)9/h1-3,9H,4H2,(H,10,11). The van der Waals surface area contributed by atoms with E-state index in [-0.39, 0.29) is 5.75 Å². The van der Waals surface area contributed by atoms with E-state index < -0.39 is 22.6 Å². The quantitative estimate of drug-likeness (QED) is 0.690. The van der Waals surface area contributed by atoms with Gasteiger partial charge in [0.05, 0.1) is 5.75 Å². The van der Waals surface area contributed by atoms with Crippen molar-refractivity contribution in [2.24, 2.45) is 0 Å². The predicted octanol–water partition coefficient (Wildman–Crippen LogP) is 1.25. The predicted molar refractivity (Wildman–Crippen MR) is 42.5 cm³/mol. The fourth-order valence-electron chi connectivity index (χ4n) is 0.783. The highest BCUT2D eigenvalue weighted by molar-refractivity contribution is 7.78. The smallest absolute Gasteiger partial charge is 0.165 e. The van der Waals surface area contributed by atoms with Gasteiger partial charge in [0.15, 0.2) is 22.6 Å². The van der Waals surface area contributed by atoms with Crippen molar-refractivity contribution in [3.05, 3.63) is 29.6 Å². The average molecular weight is 190 g/mol. The zero-order valence-electron chi connectivity index (χ0n) is 6.03. The minimum absolute atomic E-state index is 0.128. The molecule has 1 unspecified atom stereocenters. The number of rotatable bonds is 2. The van der Waals surface area contributed by atoms with Crippen molar-refractivity contribution in [2.45, 2.75) is 5.75 Å². The van der Waals surface area contributed by atoms with Crippen molar-refractivity contribution >= 4 is 11.1 Å². The molecule has 0 saturated heterocycles. The normalized spacial score (nSPS) is 12.8. The molecule has 2 N–H and O–H groups in total. The second-order valence-corrected chi connectivity index (χ2v) is 3.18. The van der Waals surface area contributed by atoms with Gasteiger partial charge in [-0.2, -0.15) is 0 Å². The van der Waals surface area contributed by atoms with Crippen LogP contribution in [0.15, 0.2) is 18.2 Å². The van der Waals surface area contributed by atoms with Gasteiger partial charge in [-0.15, -0.1) is 0 Å². The van der Waals surface area contributed by atoms with E-state index in [0.717, 1.165) is 12.1 Å². The largest absolute Gasteiger partial charge is 0.505 e. The first-order valence-corrected chi connectivity index (χ1v) is 4.42. The molecule has 0 aromatic heterocycles. The van der Waals surface area contributed by atoms with E-state index in [1.807, 2.05) is 0 Å². The lowest BCUT2D eigenvalue weighted by atomic mass is 10.2. The molecule has 0 aliphatic rings. The molecule has 0 amide bonds. The highest BCUT2D eigenvalue weighted by atomic mass is 32.2. The number of hydrogen-bond donors (Lipinski definition) is 2. The van der Waals surface area contributed by atoms with Crippen molar-refractivity contribution in [3.8, 4) is 5.75 Å². The van der Waals surface area contributed by atoms with Gasteiger partial charge in [-0.3, -0.25) is 0 Å². The van der Waals surface area contributed by atoms with E-state index in [1.54, 1.807) is 0 Å². The molecule has 3 nitrogen and oxygen atoms in total. The van der Waals surface area contributed by atoms with Crippen LogP contribution in [0.1, 0.15) is 5.56 Å². The zero-order valence-corrected chi connectivity index (χ0v) is 6.84. The lowest BCUT2D eigenvalue weighted by Gasteiger charge is -1.98. The van der Waals surface area contributed by atoms with Crippen LogP contribution < -0.4 is 0 Å². The van der Waals surface area contributed by atoms with Crippen molar-refractivity contribution in [1.82, 2.24) is 0 Å². The second-order valence-electron chi connectivity index (χ2n) is 2.25. The van der Waals surface area contributed by atoms with Gasteiger partial charge >= 0.3 is 0 Å². The molecule has 1 rings (SSSR count). The van der Waals surface area contributed by atoms with E-state index >= 15 is 0 Å². The summed E-state index contributed by atoms with van der Waals surface area (Å²) in [6, 6.07) is 3.58. The van der Waals surface area contributed by atoms with E-state index in [9.17, 15) is 8.60 Å². The first kappa shape index (κ1) is 9.15. The Hall–Kier alpha value is -0.940. The van der Waals surface area contributed by atoms with Gasteiger partial charge < -0.3 is 9.66 Å². The van der Waals surface area contributed by atoms with Gasteiger partial charge in [0.2, 0.25) is 0 Å². The van der Waals surface area contributed by atoms with Crippen LogP contribution in [0.4, 0.5) is 4.39 Å². The van der Waals surface area contributed by atoms with E-state index in [1.165, 1.54) is 6.07 Å². The van der Waals surface area contributed by atoms with Crippen LogP contribution in [0.5, 0.6) is 5.75 Å². The molecule has 0 spiro atoms. The SMILES string of the molecule is O=S(O)Cc1ccc(O)c(F)c1. The summed E-state index contributed by atoms with van der Waals surface area (Å²) >= 11 is -1.98. The van der Waals surface area contributed by atoms with Gasteiger partial charge in [0.25, 0.3) is 0 Å². The molecule has 1 aromatic rings. The van der Waals surface area contributed by atoms with E-state index in [4.69, 9.17) is 9.66 Å². The Balaban J connectivity index is 2.89. The summed E-state index contributed by atoms with van der Waals surface area (Å²) in [7, 11) is 0.